The molecule has 0 aliphatic heterocycles. The number of hydrogen-bond acceptors (Lipinski definition) is 5. The number of hydrogen-bond donors (Lipinski definition) is 1. The summed E-state index contributed by atoms with van der Waals surface area (Å²) in [5.74, 6) is 0.420. The summed E-state index contributed by atoms with van der Waals surface area (Å²) in [4.78, 5) is 17.0. The van der Waals surface area contributed by atoms with Crippen molar-refractivity contribution >= 4 is 11.6 Å². The number of rotatable bonds is 7. The van der Waals surface area contributed by atoms with Crippen LogP contribution in [0.25, 0.3) is 17.1 Å². The third-order valence-corrected chi connectivity index (χ3v) is 4.64. The minimum atomic E-state index is -0.471. The Hall–Kier alpha value is -4.20. The van der Waals surface area contributed by atoms with Crippen molar-refractivity contribution in [3.05, 3.63) is 84.2 Å². The molecule has 0 saturated carbocycles. The Morgan fingerprint density at radius 3 is 2.56 bits per heavy atom. The molecule has 0 bridgehead atoms. The maximum Gasteiger partial charge on any atom is 0.336 e. The van der Waals surface area contributed by atoms with E-state index in [9.17, 15) is 9.18 Å². The third-order valence-electron chi connectivity index (χ3n) is 4.64. The fourth-order valence-corrected chi connectivity index (χ4v) is 3.14. The van der Waals surface area contributed by atoms with E-state index in [4.69, 9.17) is 9.47 Å². The highest BCUT2D eigenvalue weighted by molar-refractivity contribution is 6.04. The van der Waals surface area contributed by atoms with Gasteiger partial charge in [-0.3, -0.25) is 4.79 Å². The smallest absolute Gasteiger partial charge is 0.336 e. The SMILES string of the molecule is CCOc1nc(-c2ccc(OC)cc2)n(-c2cccc(NC(=O)c3cccc(F)c3)c2)n1. The fourth-order valence-electron chi connectivity index (χ4n) is 3.14. The van der Waals surface area contributed by atoms with Gasteiger partial charge in [0.05, 0.1) is 19.4 Å². The van der Waals surface area contributed by atoms with Crippen LogP contribution in [0, 0.1) is 5.82 Å². The van der Waals surface area contributed by atoms with Crippen molar-refractivity contribution in [3.63, 3.8) is 0 Å². The van der Waals surface area contributed by atoms with Crippen LogP contribution in [0.2, 0.25) is 0 Å². The summed E-state index contributed by atoms with van der Waals surface area (Å²) < 4.78 is 25.8. The molecule has 3 aromatic carbocycles. The largest absolute Gasteiger partial charge is 0.497 e. The van der Waals surface area contributed by atoms with Gasteiger partial charge in [-0.1, -0.05) is 12.1 Å². The number of nitrogens with zero attached hydrogens (tertiary/aromatic N) is 3. The number of amides is 1. The second kappa shape index (κ2) is 9.30. The normalized spacial score (nSPS) is 10.6. The van der Waals surface area contributed by atoms with Gasteiger partial charge in [0.1, 0.15) is 11.6 Å². The number of nitrogens with one attached hydrogen (secondary N) is 1. The second-order valence-corrected chi connectivity index (χ2v) is 6.81. The van der Waals surface area contributed by atoms with E-state index in [1.807, 2.05) is 37.3 Å². The molecule has 0 atom stereocenters. The molecule has 0 unspecified atom stereocenters. The zero-order chi connectivity index (χ0) is 22.5. The van der Waals surface area contributed by atoms with Crippen LogP contribution in [0.4, 0.5) is 10.1 Å². The quantitative estimate of drug-likeness (QED) is 0.457. The molecule has 0 saturated heterocycles. The maximum absolute atomic E-state index is 13.5. The van der Waals surface area contributed by atoms with Crippen molar-refractivity contribution in [1.82, 2.24) is 14.8 Å². The number of carbonyl (C=O) groups is 1. The fraction of sp³-hybridized carbons (Fsp3) is 0.125. The van der Waals surface area contributed by atoms with E-state index in [2.05, 4.69) is 15.4 Å². The summed E-state index contributed by atoms with van der Waals surface area (Å²) in [6.07, 6.45) is 0. The molecule has 1 amide bonds. The molecule has 0 radical (unpaired) electrons. The standard InChI is InChI=1S/C24H21FN4O3/c1-3-32-24-27-22(16-10-12-21(31-2)13-11-16)29(28-24)20-9-5-8-19(15-20)26-23(30)17-6-4-7-18(25)14-17/h4-15H,3H2,1-2H3,(H,26,30). The average Bonchev–Trinajstić information content (AvgIpc) is 3.23. The summed E-state index contributed by atoms with van der Waals surface area (Å²) in [6.45, 7) is 2.28. The topological polar surface area (TPSA) is 78.3 Å². The summed E-state index contributed by atoms with van der Waals surface area (Å²) >= 11 is 0. The Kier molecular flexibility index (Phi) is 6.12. The maximum atomic E-state index is 13.5. The first-order chi connectivity index (χ1) is 15.6. The highest BCUT2D eigenvalue weighted by Gasteiger charge is 2.16. The second-order valence-electron chi connectivity index (χ2n) is 6.81. The Labute approximate surface area is 184 Å². The van der Waals surface area contributed by atoms with Gasteiger partial charge in [0.2, 0.25) is 0 Å². The number of halogens is 1. The molecule has 7 nitrogen and oxygen atoms in total. The molecular formula is C24H21FN4O3. The first kappa shape index (κ1) is 21.0. The van der Waals surface area contributed by atoms with Gasteiger partial charge in [0, 0.05) is 16.8 Å². The number of benzene rings is 3. The Morgan fingerprint density at radius 2 is 1.84 bits per heavy atom. The van der Waals surface area contributed by atoms with Crippen molar-refractivity contribution in [1.29, 1.82) is 0 Å². The van der Waals surface area contributed by atoms with E-state index in [1.54, 1.807) is 36.1 Å². The molecule has 1 N–H and O–H groups in total. The van der Waals surface area contributed by atoms with Gasteiger partial charge in [0.15, 0.2) is 5.82 Å². The van der Waals surface area contributed by atoms with Gasteiger partial charge in [-0.15, -0.1) is 5.10 Å². The summed E-state index contributed by atoms with van der Waals surface area (Å²) in [6, 6.07) is 20.3. The lowest BCUT2D eigenvalue weighted by molar-refractivity contribution is 0.102. The molecule has 0 aliphatic rings. The van der Waals surface area contributed by atoms with Crippen LogP contribution >= 0.6 is 0 Å². The van der Waals surface area contributed by atoms with Crippen LogP contribution in [0.5, 0.6) is 11.8 Å². The van der Waals surface area contributed by atoms with E-state index in [0.717, 1.165) is 11.3 Å². The lowest BCUT2D eigenvalue weighted by atomic mass is 10.2. The minimum absolute atomic E-state index is 0.230. The van der Waals surface area contributed by atoms with Crippen LogP contribution in [-0.4, -0.2) is 34.4 Å². The molecule has 32 heavy (non-hydrogen) atoms. The summed E-state index contributed by atoms with van der Waals surface area (Å²) in [5.41, 5.74) is 2.25. The summed E-state index contributed by atoms with van der Waals surface area (Å²) in [7, 11) is 1.61. The molecular weight excluding hydrogens is 411 g/mol. The van der Waals surface area contributed by atoms with Crippen molar-refractivity contribution in [2.75, 3.05) is 19.0 Å². The Bertz CT molecular complexity index is 1240. The molecule has 0 spiro atoms. The lowest BCUT2D eigenvalue weighted by Crippen LogP contribution is -2.12. The van der Waals surface area contributed by atoms with E-state index in [1.165, 1.54) is 18.2 Å². The zero-order valence-electron chi connectivity index (χ0n) is 17.6. The van der Waals surface area contributed by atoms with Crippen molar-refractivity contribution in [2.45, 2.75) is 6.92 Å². The van der Waals surface area contributed by atoms with Crippen LogP contribution < -0.4 is 14.8 Å². The van der Waals surface area contributed by atoms with E-state index in [-0.39, 0.29) is 11.6 Å². The van der Waals surface area contributed by atoms with Gasteiger partial charge in [-0.05, 0) is 67.6 Å². The van der Waals surface area contributed by atoms with Crippen molar-refractivity contribution < 1.29 is 18.7 Å². The Morgan fingerprint density at radius 1 is 1.06 bits per heavy atom. The highest BCUT2D eigenvalue weighted by Crippen LogP contribution is 2.26. The van der Waals surface area contributed by atoms with Crippen LogP contribution in [0.3, 0.4) is 0 Å². The molecule has 1 aromatic heterocycles. The molecule has 8 heteroatoms. The monoisotopic (exact) mass is 432 g/mol. The molecule has 1 heterocycles. The number of ether oxygens (including phenoxy) is 2. The molecule has 4 aromatic rings. The van der Waals surface area contributed by atoms with Gasteiger partial charge < -0.3 is 14.8 Å². The zero-order valence-corrected chi connectivity index (χ0v) is 17.6. The average molecular weight is 432 g/mol. The Balaban J connectivity index is 1.67. The number of carbonyl (C=O) groups excluding carboxylic acids is 1. The predicted molar refractivity (Wildman–Crippen MR) is 119 cm³/mol. The highest BCUT2D eigenvalue weighted by atomic mass is 19.1. The van der Waals surface area contributed by atoms with Crippen LogP contribution in [0.15, 0.2) is 72.8 Å². The van der Waals surface area contributed by atoms with Gasteiger partial charge in [-0.25, -0.2) is 9.07 Å². The van der Waals surface area contributed by atoms with Crippen LogP contribution in [0.1, 0.15) is 17.3 Å². The number of anilines is 1. The number of methoxy groups -OCH3 is 1. The van der Waals surface area contributed by atoms with Gasteiger partial charge >= 0.3 is 6.01 Å². The van der Waals surface area contributed by atoms with E-state index < -0.39 is 11.7 Å². The first-order valence-corrected chi connectivity index (χ1v) is 9.99. The summed E-state index contributed by atoms with van der Waals surface area (Å²) in [5, 5.41) is 7.26. The first-order valence-electron chi connectivity index (χ1n) is 9.99. The molecule has 162 valence electrons. The molecule has 4 rings (SSSR count). The number of aromatic nitrogens is 3. The van der Waals surface area contributed by atoms with Gasteiger partial charge in [0.25, 0.3) is 5.91 Å². The molecule has 0 fully saturated rings. The van der Waals surface area contributed by atoms with Crippen molar-refractivity contribution in [2.24, 2.45) is 0 Å². The minimum Gasteiger partial charge on any atom is -0.497 e. The lowest BCUT2D eigenvalue weighted by Gasteiger charge is -2.10. The van der Waals surface area contributed by atoms with E-state index in [0.29, 0.717) is 23.8 Å². The third kappa shape index (κ3) is 4.59. The van der Waals surface area contributed by atoms with E-state index >= 15 is 0 Å². The predicted octanol–water partition coefficient (Wildman–Crippen LogP) is 4.73. The van der Waals surface area contributed by atoms with Gasteiger partial charge in [-0.2, -0.15) is 4.98 Å². The molecule has 0 aliphatic carbocycles. The van der Waals surface area contributed by atoms with Crippen molar-refractivity contribution in [3.8, 4) is 28.8 Å². The van der Waals surface area contributed by atoms with Crippen LogP contribution in [-0.2, 0) is 0 Å².